The van der Waals surface area contributed by atoms with Crippen LogP contribution in [0.1, 0.15) is 29.5 Å². The van der Waals surface area contributed by atoms with Gasteiger partial charge in [-0.1, -0.05) is 42.5 Å². The molecule has 1 atom stereocenters. The van der Waals surface area contributed by atoms with Gasteiger partial charge in [0.05, 0.1) is 0 Å². The van der Waals surface area contributed by atoms with Crippen LogP contribution in [-0.2, 0) is 17.6 Å². The number of nitrogens with zero attached hydrogens (tertiary/aromatic N) is 1. The number of ether oxygens (including phenoxy) is 1. The Balaban J connectivity index is 1.42. The van der Waals surface area contributed by atoms with Gasteiger partial charge in [0.15, 0.2) is 6.23 Å². The zero-order valence-electron chi connectivity index (χ0n) is 15.3. The van der Waals surface area contributed by atoms with Crippen molar-refractivity contribution in [2.24, 2.45) is 5.92 Å². The maximum Gasteiger partial charge on any atom is 0.228 e. The number of rotatable bonds is 4. The van der Waals surface area contributed by atoms with Crippen LogP contribution in [0.15, 0.2) is 48.5 Å². The monoisotopic (exact) mass is 350 g/mol. The van der Waals surface area contributed by atoms with Gasteiger partial charge < -0.3 is 15.0 Å². The highest BCUT2D eigenvalue weighted by atomic mass is 16.5. The highest BCUT2D eigenvalue weighted by Crippen LogP contribution is 2.32. The van der Waals surface area contributed by atoms with Gasteiger partial charge in [0.2, 0.25) is 5.91 Å². The van der Waals surface area contributed by atoms with Crippen LogP contribution in [0.4, 0.5) is 0 Å². The summed E-state index contributed by atoms with van der Waals surface area (Å²) in [7, 11) is 1.88. The van der Waals surface area contributed by atoms with Crippen LogP contribution < -0.4 is 10.1 Å². The lowest BCUT2D eigenvalue weighted by molar-refractivity contribution is -0.141. The number of benzene rings is 2. The molecule has 1 fully saturated rings. The summed E-state index contributed by atoms with van der Waals surface area (Å²) in [6.07, 6.45) is 3.35. The van der Waals surface area contributed by atoms with Crippen LogP contribution in [0.2, 0.25) is 0 Å². The number of nitrogens with one attached hydrogen (secondary N) is 1. The minimum Gasteiger partial charge on any atom is -0.470 e. The van der Waals surface area contributed by atoms with E-state index in [9.17, 15) is 4.79 Å². The number of hydrogen-bond acceptors (Lipinski definition) is 3. The first-order valence-electron chi connectivity index (χ1n) is 9.50. The molecule has 26 heavy (non-hydrogen) atoms. The van der Waals surface area contributed by atoms with Crippen LogP contribution in [0.3, 0.4) is 0 Å². The zero-order chi connectivity index (χ0) is 17.9. The lowest BCUT2D eigenvalue weighted by Crippen LogP contribution is -2.45. The van der Waals surface area contributed by atoms with Gasteiger partial charge in [-0.2, -0.15) is 0 Å². The van der Waals surface area contributed by atoms with Crippen LogP contribution in [-0.4, -0.2) is 37.2 Å². The molecule has 1 N–H and O–H groups in total. The molecule has 1 amide bonds. The third-order valence-electron chi connectivity index (χ3n) is 5.50. The Kier molecular flexibility index (Phi) is 4.93. The molecule has 4 rings (SSSR count). The van der Waals surface area contributed by atoms with Gasteiger partial charge in [-0.15, -0.1) is 0 Å². The van der Waals surface area contributed by atoms with Gasteiger partial charge in [0.1, 0.15) is 5.75 Å². The van der Waals surface area contributed by atoms with Crippen LogP contribution >= 0.6 is 0 Å². The van der Waals surface area contributed by atoms with Crippen molar-refractivity contribution in [3.8, 4) is 5.75 Å². The van der Waals surface area contributed by atoms with Crippen molar-refractivity contribution in [2.45, 2.75) is 31.9 Å². The summed E-state index contributed by atoms with van der Waals surface area (Å²) in [6.45, 7) is 1.86. The van der Waals surface area contributed by atoms with Crippen molar-refractivity contribution in [3.05, 3.63) is 65.2 Å². The molecule has 2 aliphatic rings. The molecule has 0 bridgehead atoms. The summed E-state index contributed by atoms with van der Waals surface area (Å²) in [4.78, 5) is 14.6. The summed E-state index contributed by atoms with van der Waals surface area (Å²) in [6, 6.07) is 16.9. The fraction of sp³-hybridized carbons (Fsp3) is 0.409. The third-order valence-corrected chi connectivity index (χ3v) is 5.50. The Morgan fingerprint density at radius 2 is 1.88 bits per heavy atom. The minimum absolute atomic E-state index is 0.127. The number of carbonyl (C=O) groups is 1. The average Bonchev–Trinajstić information content (AvgIpc) is 3.11. The van der Waals surface area contributed by atoms with Crippen LogP contribution in [0.5, 0.6) is 5.75 Å². The topological polar surface area (TPSA) is 41.6 Å². The molecule has 2 aromatic rings. The molecular weight excluding hydrogens is 324 g/mol. The quantitative estimate of drug-likeness (QED) is 0.922. The van der Waals surface area contributed by atoms with Crippen molar-refractivity contribution < 1.29 is 9.53 Å². The molecule has 0 saturated carbocycles. The highest BCUT2D eigenvalue weighted by Gasteiger charge is 2.33. The molecule has 1 unspecified atom stereocenters. The van der Waals surface area contributed by atoms with Gasteiger partial charge in [-0.3, -0.25) is 4.79 Å². The van der Waals surface area contributed by atoms with E-state index in [0.29, 0.717) is 0 Å². The maximum atomic E-state index is 12.8. The number of carbonyl (C=O) groups excluding carboxylic acids is 1. The molecule has 1 saturated heterocycles. The first-order valence-corrected chi connectivity index (χ1v) is 9.50. The fourth-order valence-corrected chi connectivity index (χ4v) is 3.94. The van der Waals surface area contributed by atoms with E-state index < -0.39 is 0 Å². The summed E-state index contributed by atoms with van der Waals surface area (Å²) in [5.41, 5.74) is 3.79. The normalized spacial score (nSPS) is 19.7. The van der Waals surface area contributed by atoms with E-state index in [1.54, 1.807) is 0 Å². The highest BCUT2D eigenvalue weighted by molar-refractivity contribution is 5.79. The molecule has 2 heterocycles. The third kappa shape index (κ3) is 3.61. The number of piperidine rings is 1. The molecule has 0 aliphatic carbocycles. The van der Waals surface area contributed by atoms with Crippen molar-refractivity contribution in [1.29, 1.82) is 0 Å². The summed E-state index contributed by atoms with van der Waals surface area (Å²) in [5.74, 6) is 1.26. The van der Waals surface area contributed by atoms with Crippen LogP contribution in [0, 0.1) is 5.92 Å². The van der Waals surface area contributed by atoms with E-state index in [0.717, 1.165) is 44.5 Å². The SMILES string of the molecule is CN(C(=O)C1CCNCC1)C1Cc2cc(Cc3ccccc3)ccc2O1. The number of hydrogen-bond donors (Lipinski definition) is 1. The molecule has 0 radical (unpaired) electrons. The second-order valence-corrected chi connectivity index (χ2v) is 7.35. The largest absolute Gasteiger partial charge is 0.470 e. The van der Waals surface area contributed by atoms with E-state index in [2.05, 4.69) is 47.8 Å². The van der Waals surface area contributed by atoms with Crippen molar-refractivity contribution >= 4 is 5.91 Å². The van der Waals surface area contributed by atoms with E-state index in [4.69, 9.17) is 4.74 Å². The fourth-order valence-electron chi connectivity index (χ4n) is 3.94. The van der Waals surface area contributed by atoms with Gasteiger partial charge in [0, 0.05) is 24.9 Å². The lowest BCUT2D eigenvalue weighted by atomic mass is 9.96. The van der Waals surface area contributed by atoms with Crippen LogP contribution in [0.25, 0.3) is 0 Å². The molecular formula is C22H26N2O2. The first-order chi connectivity index (χ1) is 12.7. The molecule has 0 spiro atoms. The Labute approximate surface area is 155 Å². The standard InChI is InChI=1S/C22H26N2O2/c1-24(22(25)18-9-11-23-12-10-18)21-15-19-14-17(7-8-20(19)26-21)13-16-5-3-2-4-6-16/h2-8,14,18,21,23H,9-13,15H2,1H3. The smallest absolute Gasteiger partial charge is 0.228 e. The van der Waals surface area contributed by atoms with Gasteiger partial charge >= 0.3 is 0 Å². The zero-order valence-corrected chi connectivity index (χ0v) is 15.3. The molecule has 2 aliphatic heterocycles. The van der Waals surface area contributed by atoms with E-state index in [1.165, 1.54) is 16.7 Å². The predicted octanol–water partition coefficient (Wildman–Crippen LogP) is 3.00. The summed E-state index contributed by atoms with van der Waals surface area (Å²) in [5, 5.41) is 3.32. The summed E-state index contributed by atoms with van der Waals surface area (Å²) < 4.78 is 6.08. The van der Waals surface area contributed by atoms with Gasteiger partial charge in [0.25, 0.3) is 0 Å². The molecule has 4 heteroatoms. The van der Waals surface area contributed by atoms with Gasteiger partial charge in [-0.05, 0) is 49.5 Å². The van der Waals surface area contributed by atoms with Crippen molar-refractivity contribution in [2.75, 3.05) is 20.1 Å². The minimum atomic E-state index is -0.181. The number of likely N-dealkylation sites (N-methyl/N-ethyl adjacent to an activating group) is 1. The van der Waals surface area contributed by atoms with Gasteiger partial charge in [-0.25, -0.2) is 0 Å². The second kappa shape index (κ2) is 7.50. The van der Waals surface area contributed by atoms with E-state index in [-0.39, 0.29) is 18.1 Å². The maximum absolute atomic E-state index is 12.8. The van der Waals surface area contributed by atoms with E-state index >= 15 is 0 Å². The van der Waals surface area contributed by atoms with Crippen molar-refractivity contribution in [3.63, 3.8) is 0 Å². The average molecular weight is 350 g/mol. The van der Waals surface area contributed by atoms with E-state index in [1.807, 2.05) is 18.0 Å². The first kappa shape index (κ1) is 17.1. The molecule has 2 aromatic carbocycles. The molecule has 4 nitrogen and oxygen atoms in total. The Morgan fingerprint density at radius 1 is 1.12 bits per heavy atom. The number of amides is 1. The Bertz CT molecular complexity index is 769. The second-order valence-electron chi connectivity index (χ2n) is 7.35. The Hall–Kier alpha value is -2.33. The Morgan fingerprint density at radius 3 is 2.65 bits per heavy atom. The number of fused-ring (bicyclic) bond motifs is 1. The molecule has 136 valence electrons. The lowest BCUT2D eigenvalue weighted by Gasteiger charge is -2.30. The summed E-state index contributed by atoms with van der Waals surface area (Å²) >= 11 is 0. The van der Waals surface area contributed by atoms with Crippen molar-refractivity contribution in [1.82, 2.24) is 10.2 Å². The predicted molar refractivity (Wildman–Crippen MR) is 102 cm³/mol. The molecule has 0 aromatic heterocycles.